The van der Waals surface area contributed by atoms with E-state index in [2.05, 4.69) is 53.2 Å². The number of Topliss-reactive ketones (excluding diaryl/α,β-unsaturated/α-hetero) is 1. The molecule has 0 unspecified atom stereocenters. The van der Waals surface area contributed by atoms with Gasteiger partial charge in [0.1, 0.15) is 23.0 Å². The van der Waals surface area contributed by atoms with Crippen LogP contribution in [-0.2, 0) is 10.2 Å². The molecule has 2 heterocycles. The summed E-state index contributed by atoms with van der Waals surface area (Å²) in [7, 11) is 0. The molecule has 8 heteroatoms. The van der Waals surface area contributed by atoms with E-state index in [4.69, 9.17) is 10.5 Å². The van der Waals surface area contributed by atoms with E-state index >= 15 is 0 Å². The van der Waals surface area contributed by atoms with Gasteiger partial charge in [0.05, 0.1) is 17.2 Å². The molecule has 0 saturated heterocycles. The van der Waals surface area contributed by atoms with Crippen LogP contribution in [0.15, 0.2) is 67.0 Å². The Hall–Kier alpha value is -4.33. The number of anilines is 2. The SMILES string of the molecule is CC(C)(C)c1cccc(Nc2cnc3cc(Oc4ccnc(C(=O)C(N)=O)c4)ccc3n2)c1. The topological polar surface area (TPSA) is 120 Å². The first-order chi connectivity index (χ1) is 15.7. The van der Waals surface area contributed by atoms with E-state index in [9.17, 15) is 9.59 Å². The van der Waals surface area contributed by atoms with E-state index in [1.165, 1.54) is 17.8 Å². The molecule has 3 N–H and O–H groups in total. The minimum absolute atomic E-state index is 0.0475. The number of hydrogen-bond donors (Lipinski definition) is 2. The van der Waals surface area contributed by atoms with Crippen LogP contribution in [-0.4, -0.2) is 26.6 Å². The van der Waals surface area contributed by atoms with Crippen molar-refractivity contribution in [1.29, 1.82) is 0 Å². The average molecular weight is 441 g/mol. The molecule has 0 aliphatic carbocycles. The highest BCUT2D eigenvalue weighted by atomic mass is 16.5. The zero-order valence-corrected chi connectivity index (χ0v) is 18.5. The molecule has 33 heavy (non-hydrogen) atoms. The van der Waals surface area contributed by atoms with Gasteiger partial charge >= 0.3 is 0 Å². The van der Waals surface area contributed by atoms with Crippen LogP contribution in [0.5, 0.6) is 11.5 Å². The number of nitrogens with one attached hydrogen (secondary N) is 1. The first kappa shape index (κ1) is 21.9. The van der Waals surface area contributed by atoms with E-state index in [0.29, 0.717) is 28.4 Å². The van der Waals surface area contributed by atoms with Gasteiger partial charge in [0.25, 0.3) is 11.7 Å². The van der Waals surface area contributed by atoms with E-state index in [0.717, 1.165) is 5.69 Å². The fraction of sp³-hybridized carbons (Fsp3) is 0.160. The summed E-state index contributed by atoms with van der Waals surface area (Å²) in [5.41, 5.74) is 8.50. The summed E-state index contributed by atoms with van der Waals surface area (Å²) in [4.78, 5) is 35.8. The molecule has 8 nitrogen and oxygen atoms in total. The number of rotatable bonds is 6. The molecular weight excluding hydrogens is 418 g/mol. The second-order valence-corrected chi connectivity index (χ2v) is 8.53. The van der Waals surface area contributed by atoms with Crippen molar-refractivity contribution >= 4 is 34.2 Å². The Balaban J connectivity index is 1.54. The van der Waals surface area contributed by atoms with Gasteiger partial charge < -0.3 is 15.8 Å². The highest BCUT2D eigenvalue weighted by Crippen LogP contribution is 2.27. The minimum atomic E-state index is -1.07. The predicted molar refractivity (Wildman–Crippen MR) is 126 cm³/mol. The van der Waals surface area contributed by atoms with Crippen molar-refractivity contribution in [3.63, 3.8) is 0 Å². The lowest BCUT2D eigenvalue weighted by Gasteiger charge is -2.20. The van der Waals surface area contributed by atoms with Crippen molar-refractivity contribution in [2.24, 2.45) is 5.73 Å². The summed E-state index contributed by atoms with van der Waals surface area (Å²) in [6.07, 6.45) is 3.03. The number of aromatic nitrogens is 3. The van der Waals surface area contributed by atoms with Crippen molar-refractivity contribution in [3.05, 3.63) is 78.2 Å². The number of carbonyl (C=O) groups is 2. The molecule has 0 fully saturated rings. The van der Waals surface area contributed by atoms with Crippen molar-refractivity contribution in [1.82, 2.24) is 15.0 Å². The van der Waals surface area contributed by atoms with Crippen LogP contribution in [0, 0.1) is 0 Å². The zero-order valence-electron chi connectivity index (χ0n) is 18.5. The van der Waals surface area contributed by atoms with E-state index in [1.54, 1.807) is 30.5 Å². The quantitative estimate of drug-likeness (QED) is 0.333. The molecule has 166 valence electrons. The van der Waals surface area contributed by atoms with Crippen LogP contribution in [0.1, 0.15) is 36.8 Å². The molecule has 2 aromatic carbocycles. The van der Waals surface area contributed by atoms with Crippen molar-refractivity contribution < 1.29 is 14.3 Å². The lowest BCUT2D eigenvalue weighted by atomic mass is 9.87. The molecule has 0 radical (unpaired) electrons. The van der Waals surface area contributed by atoms with Gasteiger partial charge in [-0.15, -0.1) is 0 Å². The van der Waals surface area contributed by atoms with Crippen LogP contribution in [0.2, 0.25) is 0 Å². The number of ketones is 1. The van der Waals surface area contributed by atoms with Gasteiger partial charge in [0.2, 0.25) is 0 Å². The molecule has 1 amide bonds. The lowest BCUT2D eigenvalue weighted by Crippen LogP contribution is -2.23. The number of primary amides is 1. The summed E-state index contributed by atoms with van der Waals surface area (Å²) in [6, 6.07) is 16.4. The highest BCUT2D eigenvalue weighted by molar-refractivity contribution is 6.41. The number of nitrogens with zero attached hydrogens (tertiary/aromatic N) is 3. The maximum Gasteiger partial charge on any atom is 0.291 e. The zero-order chi connectivity index (χ0) is 23.6. The van der Waals surface area contributed by atoms with Crippen LogP contribution >= 0.6 is 0 Å². The number of amides is 1. The first-order valence-electron chi connectivity index (χ1n) is 10.3. The predicted octanol–water partition coefficient (Wildman–Crippen LogP) is 4.53. The molecule has 0 atom stereocenters. The van der Waals surface area contributed by atoms with Gasteiger partial charge in [-0.2, -0.15) is 0 Å². The summed E-state index contributed by atoms with van der Waals surface area (Å²) < 4.78 is 5.80. The van der Waals surface area contributed by atoms with Crippen molar-refractivity contribution in [3.8, 4) is 11.5 Å². The van der Waals surface area contributed by atoms with Crippen molar-refractivity contribution in [2.45, 2.75) is 26.2 Å². The van der Waals surface area contributed by atoms with Gasteiger partial charge in [-0.3, -0.25) is 19.6 Å². The minimum Gasteiger partial charge on any atom is -0.457 e. The summed E-state index contributed by atoms with van der Waals surface area (Å²) in [5.74, 6) is -0.475. The Morgan fingerprint density at radius 3 is 2.48 bits per heavy atom. The first-order valence-corrected chi connectivity index (χ1v) is 10.3. The summed E-state index contributed by atoms with van der Waals surface area (Å²) in [5, 5.41) is 3.31. The molecule has 0 aliphatic heterocycles. The Morgan fingerprint density at radius 1 is 0.939 bits per heavy atom. The van der Waals surface area contributed by atoms with Gasteiger partial charge in [0.15, 0.2) is 0 Å². The van der Waals surface area contributed by atoms with Crippen LogP contribution in [0.4, 0.5) is 11.5 Å². The fourth-order valence-electron chi connectivity index (χ4n) is 3.19. The molecule has 0 saturated carbocycles. The Morgan fingerprint density at radius 2 is 1.73 bits per heavy atom. The number of fused-ring (bicyclic) bond motifs is 1. The second kappa shape index (κ2) is 8.66. The average Bonchev–Trinajstić information content (AvgIpc) is 2.78. The van der Waals surface area contributed by atoms with Gasteiger partial charge in [-0.05, 0) is 41.3 Å². The van der Waals surface area contributed by atoms with E-state index < -0.39 is 11.7 Å². The Labute approximate surface area is 190 Å². The maximum atomic E-state index is 11.7. The second-order valence-electron chi connectivity index (χ2n) is 8.53. The molecule has 4 rings (SSSR count). The number of carbonyl (C=O) groups excluding carboxylic acids is 2. The van der Waals surface area contributed by atoms with E-state index in [1.807, 2.05) is 12.1 Å². The van der Waals surface area contributed by atoms with Crippen molar-refractivity contribution in [2.75, 3.05) is 5.32 Å². The van der Waals surface area contributed by atoms with Crippen LogP contribution in [0.25, 0.3) is 11.0 Å². The normalized spacial score (nSPS) is 11.2. The molecule has 0 spiro atoms. The third kappa shape index (κ3) is 5.12. The lowest BCUT2D eigenvalue weighted by molar-refractivity contribution is -0.114. The largest absolute Gasteiger partial charge is 0.457 e. The van der Waals surface area contributed by atoms with Gasteiger partial charge in [-0.1, -0.05) is 32.9 Å². The molecule has 2 aromatic heterocycles. The highest BCUT2D eigenvalue weighted by Gasteiger charge is 2.15. The molecular formula is C25H23N5O3. The number of hydrogen-bond acceptors (Lipinski definition) is 7. The van der Waals surface area contributed by atoms with Gasteiger partial charge in [0, 0.05) is 24.0 Å². The summed E-state index contributed by atoms with van der Waals surface area (Å²) in [6.45, 7) is 6.51. The fourth-order valence-corrected chi connectivity index (χ4v) is 3.19. The van der Waals surface area contributed by atoms with Gasteiger partial charge in [-0.25, -0.2) is 4.98 Å². The monoisotopic (exact) mass is 441 g/mol. The number of nitrogens with two attached hydrogens (primary N) is 1. The third-order valence-corrected chi connectivity index (χ3v) is 4.94. The third-order valence-electron chi connectivity index (χ3n) is 4.94. The maximum absolute atomic E-state index is 11.7. The molecule has 0 aliphatic rings. The van der Waals surface area contributed by atoms with E-state index in [-0.39, 0.29) is 11.1 Å². The van der Waals surface area contributed by atoms with Crippen LogP contribution in [0.3, 0.4) is 0 Å². The number of pyridine rings is 1. The Bertz CT molecular complexity index is 1360. The Kier molecular flexibility index (Phi) is 5.74. The standard InChI is InChI=1S/C25H23N5O3/c1-25(2,3)15-5-4-6-16(11-15)29-22-14-28-20-12-17(7-8-19(20)30-22)33-18-9-10-27-21(13-18)23(31)24(26)32/h4-14H,1-3H3,(H2,26,32)(H,29,30). The molecule has 0 bridgehead atoms. The smallest absolute Gasteiger partial charge is 0.291 e. The summed E-state index contributed by atoms with van der Waals surface area (Å²) >= 11 is 0. The number of ether oxygens (including phenoxy) is 1. The molecule has 4 aromatic rings. The number of benzene rings is 2. The van der Waals surface area contributed by atoms with Crippen LogP contribution < -0.4 is 15.8 Å².